The Kier molecular flexibility index (Phi) is 2.67. The van der Waals surface area contributed by atoms with Crippen LogP contribution in [-0.4, -0.2) is 15.1 Å². The second kappa shape index (κ2) is 4.34. The number of thiazole rings is 1. The fraction of sp³-hybridized carbons (Fsp3) is 0.182. The van der Waals surface area contributed by atoms with Crippen LogP contribution in [0.4, 0.5) is 9.52 Å². The van der Waals surface area contributed by atoms with E-state index < -0.39 is 0 Å². The molecular weight excluding hydrogens is 255 g/mol. The number of hydrogen-bond acceptors (Lipinski definition) is 6. The Balaban J connectivity index is 1.78. The second-order valence-corrected chi connectivity index (χ2v) is 4.74. The quantitative estimate of drug-likeness (QED) is 0.788. The molecule has 0 aliphatic carbocycles. The van der Waals surface area contributed by atoms with E-state index in [1.165, 1.54) is 23.5 Å². The summed E-state index contributed by atoms with van der Waals surface area (Å²) in [7, 11) is 0. The highest BCUT2D eigenvalue weighted by Gasteiger charge is 2.06. The molecule has 92 valence electrons. The van der Waals surface area contributed by atoms with Crippen LogP contribution < -0.4 is 5.32 Å². The molecule has 0 atom stereocenters. The Hall–Kier alpha value is -2.02. The van der Waals surface area contributed by atoms with E-state index in [4.69, 9.17) is 4.52 Å². The number of benzene rings is 1. The maximum absolute atomic E-state index is 13.0. The summed E-state index contributed by atoms with van der Waals surface area (Å²) in [6.07, 6.45) is 0. The summed E-state index contributed by atoms with van der Waals surface area (Å²) >= 11 is 1.46. The van der Waals surface area contributed by atoms with Crippen molar-refractivity contribution in [3.8, 4) is 0 Å². The fourth-order valence-corrected chi connectivity index (χ4v) is 2.39. The van der Waals surface area contributed by atoms with Crippen LogP contribution in [0.5, 0.6) is 0 Å². The zero-order chi connectivity index (χ0) is 12.5. The Morgan fingerprint density at radius 3 is 3.06 bits per heavy atom. The van der Waals surface area contributed by atoms with Crippen molar-refractivity contribution in [3.05, 3.63) is 35.7 Å². The average molecular weight is 264 g/mol. The topological polar surface area (TPSA) is 63.8 Å². The third-order valence-electron chi connectivity index (χ3n) is 2.32. The fourth-order valence-electron chi connectivity index (χ4n) is 1.54. The van der Waals surface area contributed by atoms with Gasteiger partial charge >= 0.3 is 0 Å². The summed E-state index contributed by atoms with van der Waals surface area (Å²) in [5.41, 5.74) is 0.645. The van der Waals surface area contributed by atoms with Crippen LogP contribution in [0.15, 0.2) is 22.7 Å². The lowest BCUT2D eigenvalue weighted by atomic mass is 10.3. The molecule has 3 rings (SSSR count). The van der Waals surface area contributed by atoms with Crippen LogP contribution in [0.25, 0.3) is 10.2 Å². The van der Waals surface area contributed by atoms with Crippen LogP contribution in [0, 0.1) is 12.7 Å². The van der Waals surface area contributed by atoms with Gasteiger partial charge in [0.05, 0.1) is 16.8 Å². The number of aromatic nitrogens is 3. The number of rotatable bonds is 3. The van der Waals surface area contributed by atoms with Gasteiger partial charge in [0.15, 0.2) is 11.0 Å². The minimum Gasteiger partial charge on any atom is -0.354 e. The number of hydrogen-bond donors (Lipinski definition) is 1. The van der Waals surface area contributed by atoms with Gasteiger partial charge in [0, 0.05) is 13.0 Å². The molecule has 0 radical (unpaired) electrons. The number of nitrogens with one attached hydrogen (secondary N) is 1. The number of fused-ring (bicyclic) bond motifs is 1. The van der Waals surface area contributed by atoms with Gasteiger partial charge in [-0.15, -0.1) is 0 Å². The SMILES string of the molecule is Cc1nc(CNc2nc3cc(F)ccc3s2)no1. The molecule has 0 aliphatic heterocycles. The van der Waals surface area contributed by atoms with Crippen LogP contribution in [0.1, 0.15) is 11.7 Å². The van der Waals surface area contributed by atoms with E-state index >= 15 is 0 Å². The lowest BCUT2D eigenvalue weighted by Crippen LogP contribution is -2.00. The van der Waals surface area contributed by atoms with Crippen molar-refractivity contribution < 1.29 is 8.91 Å². The monoisotopic (exact) mass is 264 g/mol. The molecule has 2 heterocycles. The third kappa shape index (κ3) is 2.17. The molecule has 0 saturated heterocycles. The van der Waals surface area contributed by atoms with E-state index in [1.807, 2.05) is 0 Å². The Bertz CT molecular complexity index is 693. The first-order chi connectivity index (χ1) is 8.70. The van der Waals surface area contributed by atoms with Gasteiger partial charge in [-0.25, -0.2) is 9.37 Å². The Morgan fingerprint density at radius 1 is 1.39 bits per heavy atom. The van der Waals surface area contributed by atoms with Crippen molar-refractivity contribution in [2.24, 2.45) is 0 Å². The van der Waals surface area contributed by atoms with Crippen LogP contribution in [0.2, 0.25) is 0 Å². The minimum atomic E-state index is -0.284. The molecule has 2 aromatic heterocycles. The van der Waals surface area contributed by atoms with Gasteiger partial charge < -0.3 is 9.84 Å². The highest BCUT2D eigenvalue weighted by Crippen LogP contribution is 2.26. The first-order valence-corrected chi connectivity index (χ1v) is 6.11. The standard InChI is InChI=1S/C11H9FN4OS/c1-6-14-10(16-17-6)5-13-11-15-8-4-7(12)2-3-9(8)18-11/h2-4H,5H2,1H3,(H,13,15). The molecule has 0 spiro atoms. The number of halogens is 1. The largest absolute Gasteiger partial charge is 0.354 e. The van der Waals surface area contributed by atoms with Crippen LogP contribution in [-0.2, 0) is 6.54 Å². The summed E-state index contributed by atoms with van der Waals surface area (Å²) in [6, 6.07) is 4.55. The highest BCUT2D eigenvalue weighted by molar-refractivity contribution is 7.22. The molecule has 18 heavy (non-hydrogen) atoms. The molecule has 0 amide bonds. The van der Waals surface area contributed by atoms with E-state index in [0.717, 1.165) is 4.70 Å². The summed E-state index contributed by atoms with van der Waals surface area (Å²) in [5, 5.41) is 7.56. The molecule has 1 N–H and O–H groups in total. The molecule has 0 fully saturated rings. The zero-order valence-electron chi connectivity index (χ0n) is 9.48. The lowest BCUT2D eigenvalue weighted by Gasteiger charge is -1.95. The second-order valence-electron chi connectivity index (χ2n) is 3.71. The van der Waals surface area contributed by atoms with E-state index in [1.54, 1.807) is 13.0 Å². The summed E-state index contributed by atoms with van der Waals surface area (Å²) < 4.78 is 18.8. The molecule has 7 heteroatoms. The van der Waals surface area contributed by atoms with E-state index in [2.05, 4.69) is 20.4 Å². The summed E-state index contributed by atoms with van der Waals surface area (Å²) in [6.45, 7) is 2.16. The van der Waals surface area contributed by atoms with Crippen molar-refractivity contribution in [2.75, 3.05) is 5.32 Å². The maximum atomic E-state index is 13.0. The molecule has 0 saturated carbocycles. The van der Waals surface area contributed by atoms with E-state index in [0.29, 0.717) is 28.9 Å². The summed E-state index contributed by atoms with van der Waals surface area (Å²) in [5.74, 6) is 0.809. The van der Waals surface area contributed by atoms with Gasteiger partial charge in [0.25, 0.3) is 0 Å². The number of anilines is 1. The molecule has 0 unspecified atom stereocenters. The van der Waals surface area contributed by atoms with Crippen molar-refractivity contribution in [2.45, 2.75) is 13.5 Å². The molecule has 5 nitrogen and oxygen atoms in total. The zero-order valence-corrected chi connectivity index (χ0v) is 10.3. The smallest absolute Gasteiger partial charge is 0.223 e. The van der Waals surface area contributed by atoms with Gasteiger partial charge in [-0.05, 0) is 12.1 Å². The van der Waals surface area contributed by atoms with Gasteiger partial charge in [-0.2, -0.15) is 4.98 Å². The molecule has 1 aromatic carbocycles. The van der Waals surface area contributed by atoms with Crippen molar-refractivity contribution in [1.82, 2.24) is 15.1 Å². The van der Waals surface area contributed by atoms with Gasteiger partial charge in [0.1, 0.15) is 5.82 Å². The van der Waals surface area contributed by atoms with Crippen LogP contribution >= 0.6 is 11.3 Å². The minimum absolute atomic E-state index is 0.284. The summed E-state index contributed by atoms with van der Waals surface area (Å²) in [4.78, 5) is 8.35. The van der Waals surface area contributed by atoms with Crippen LogP contribution in [0.3, 0.4) is 0 Å². The lowest BCUT2D eigenvalue weighted by molar-refractivity contribution is 0.388. The Labute approximate surface area is 106 Å². The highest BCUT2D eigenvalue weighted by atomic mass is 32.1. The average Bonchev–Trinajstić information content (AvgIpc) is 2.92. The molecule has 3 aromatic rings. The van der Waals surface area contributed by atoms with Gasteiger partial charge in [0.2, 0.25) is 5.89 Å². The number of nitrogens with zero attached hydrogens (tertiary/aromatic N) is 3. The van der Waals surface area contributed by atoms with Crippen molar-refractivity contribution in [3.63, 3.8) is 0 Å². The normalized spacial score (nSPS) is 11.0. The third-order valence-corrected chi connectivity index (χ3v) is 3.31. The van der Waals surface area contributed by atoms with E-state index in [-0.39, 0.29) is 5.82 Å². The van der Waals surface area contributed by atoms with Crippen molar-refractivity contribution >= 4 is 26.7 Å². The number of aryl methyl sites for hydroxylation is 1. The first-order valence-electron chi connectivity index (χ1n) is 5.30. The van der Waals surface area contributed by atoms with E-state index in [9.17, 15) is 4.39 Å². The predicted octanol–water partition coefficient (Wildman–Crippen LogP) is 2.74. The van der Waals surface area contributed by atoms with Gasteiger partial charge in [-0.1, -0.05) is 16.5 Å². The van der Waals surface area contributed by atoms with Gasteiger partial charge in [-0.3, -0.25) is 0 Å². The Morgan fingerprint density at radius 2 is 2.28 bits per heavy atom. The molecule has 0 bridgehead atoms. The maximum Gasteiger partial charge on any atom is 0.223 e. The predicted molar refractivity (Wildman–Crippen MR) is 65.9 cm³/mol. The molecule has 0 aliphatic rings. The first kappa shape index (κ1) is 11.1. The molecular formula is C11H9FN4OS. The van der Waals surface area contributed by atoms with Crippen molar-refractivity contribution in [1.29, 1.82) is 0 Å².